The second kappa shape index (κ2) is 10.4. The number of hydrogen-bond acceptors (Lipinski definition) is 4. The molecular weight excluding hydrogens is 510 g/mol. The van der Waals surface area contributed by atoms with E-state index < -0.39 is 72.6 Å². The van der Waals surface area contributed by atoms with Crippen LogP contribution in [0.25, 0.3) is 0 Å². The molecule has 6 nitrogen and oxygen atoms in total. The van der Waals surface area contributed by atoms with Gasteiger partial charge in [0.05, 0.1) is 0 Å². The lowest BCUT2D eigenvalue weighted by molar-refractivity contribution is -0.139. The smallest absolute Gasteiger partial charge is 0.480 e. The van der Waals surface area contributed by atoms with Crippen LogP contribution < -0.4 is 14.1 Å². The summed E-state index contributed by atoms with van der Waals surface area (Å²) in [5, 5.41) is 11.3. The van der Waals surface area contributed by atoms with E-state index in [1.165, 1.54) is 18.2 Å². The first-order valence-electron chi connectivity index (χ1n) is 9.41. The largest absolute Gasteiger partial charge is 0.513 e. The van der Waals surface area contributed by atoms with Crippen molar-refractivity contribution in [3.8, 4) is 11.5 Å². The van der Waals surface area contributed by atoms with E-state index in [2.05, 4.69) is 4.52 Å². The highest BCUT2D eigenvalue weighted by molar-refractivity contribution is 7.52. The number of carboxylic acids is 1. The Morgan fingerprint density at radius 1 is 0.829 bits per heavy atom. The summed E-state index contributed by atoms with van der Waals surface area (Å²) in [6, 6.07) is 6.49. The van der Waals surface area contributed by atoms with Crippen molar-refractivity contribution in [2.24, 2.45) is 0 Å². The van der Waals surface area contributed by atoms with E-state index in [0.717, 1.165) is 24.3 Å². The maximum absolute atomic E-state index is 14.2. The molecule has 2 N–H and O–H groups in total. The minimum atomic E-state index is -5.30. The lowest BCUT2D eigenvalue weighted by Crippen LogP contribution is -2.39. The van der Waals surface area contributed by atoms with Crippen LogP contribution in [0.3, 0.4) is 0 Å². The minimum Gasteiger partial charge on any atom is -0.480 e. The van der Waals surface area contributed by atoms with Crippen molar-refractivity contribution in [2.75, 3.05) is 0 Å². The number of hydrogen-bond donors (Lipinski definition) is 2. The van der Waals surface area contributed by atoms with Crippen LogP contribution in [0.2, 0.25) is 0 Å². The van der Waals surface area contributed by atoms with E-state index in [9.17, 15) is 45.2 Å². The van der Waals surface area contributed by atoms with Crippen LogP contribution in [0.1, 0.15) is 5.56 Å². The fourth-order valence-corrected chi connectivity index (χ4v) is 4.35. The standard InChI is InChI=1S/C21H13F7NO5P/c22-11-6-10(7-12(23)9-11)8-14(21(30)31)29-35(32,33-13-4-2-1-3-5-13)34-20-18(27)16(25)15(24)17(26)19(20)28/h1-7,9,14H,8H2,(H,29,32)(H,30,31)/t14-,35-/m0/s1. The molecule has 0 aliphatic heterocycles. The van der Waals surface area contributed by atoms with Gasteiger partial charge in [-0.2, -0.15) is 13.9 Å². The molecule has 0 saturated carbocycles. The summed E-state index contributed by atoms with van der Waals surface area (Å²) in [6.45, 7) is 0. The van der Waals surface area contributed by atoms with Crippen LogP contribution in [0.5, 0.6) is 11.5 Å². The monoisotopic (exact) mass is 523 g/mol. The Balaban J connectivity index is 2.03. The maximum atomic E-state index is 14.2. The molecule has 0 amide bonds. The summed E-state index contributed by atoms with van der Waals surface area (Å²) in [4.78, 5) is 11.7. The predicted molar refractivity (Wildman–Crippen MR) is 106 cm³/mol. The first-order chi connectivity index (χ1) is 16.4. The van der Waals surface area contributed by atoms with Gasteiger partial charge in [0.1, 0.15) is 23.4 Å². The average molecular weight is 523 g/mol. The lowest BCUT2D eigenvalue weighted by Gasteiger charge is -2.24. The Morgan fingerprint density at radius 2 is 1.34 bits per heavy atom. The Hall–Kier alpha value is -3.57. The number of halogens is 7. The van der Waals surface area contributed by atoms with Crippen LogP contribution in [0.4, 0.5) is 30.7 Å². The van der Waals surface area contributed by atoms with E-state index >= 15 is 0 Å². The Morgan fingerprint density at radius 3 is 1.86 bits per heavy atom. The zero-order valence-electron chi connectivity index (χ0n) is 17.1. The molecule has 186 valence electrons. The van der Waals surface area contributed by atoms with Gasteiger partial charge < -0.3 is 14.2 Å². The van der Waals surface area contributed by atoms with E-state index in [-0.39, 0.29) is 11.3 Å². The molecule has 2 atom stereocenters. The molecule has 0 spiro atoms. The van der Waals surface area contributed by atoms with Crippen molar-refractivity contribution < 1.29 is 54.2 Å². The van der Waals surface area contributed by atoms with Crippen molar-refractivity contribution in [3.63, 3.8) is 0 Å². The van der Waals surface area contributed by atoms with Crippen LogP contribution in [0.15, 0.2) is 48.5 Å². The van der Waals surface area contributed by atoms with Gasteiger partial charge in [-0.1, -0.05) is 18.2 Å². The van der Waals surface area contributed by atoms with Gasteiger partial charge >= 0.3 is 13.7 Å². The van der Waals surface area contributed by atoms with Gasteiger partial charge in [0.15, 0.2) is 0 Å². The van der Waals surface area contributed by atoms with Crippen LogP contribution >= 0.6 is 7.75 Å². The first kappa shape index (κ1) is 26.0. The molecule has 0 saturated heterocycles. The third kappa shape index (κ3) is 6.11. The van der Waals surface area contributed by atoms with Gasteiger partial charge in [-0.15, -0.1) is 0 Å². The topological polar surface area (TPSA) is 84.9 Å². The van der Waals surface area contributed by atoms with Gasteiger partial charge in [-0.05, 0) is 36.2 Å². The fraction of sp³-hybridized carbons (Fsp3) is 0.0952. The molecule has 35 heavy (non-hydrogen) atoms. The van der Waals surface area contributed by atoms with E-state index in [1.807, 2.05) is 5.09 Å². The van der Waals surface area contributed by atoms with Crippen LogP contribution in [0, 0.1) is 40.7 Å². The second-order valence-electron chi connectivity index (χ2n) is 6.89. The molecular formula is C21H13F7NO5P. The molecule has 0 fully saturated rings. The molecule has 14 heteroatoms. The summed E-state index contributed by atoms with van der Waals surface area (Å²) in [5.74, 6) is -18.6. The normalized spacial score (nSPS) is 13.7. The third-order valence-electron chi connectivity index (χ3n) is 4.32. The number of para-hydroxylation sites is 1. The van der Waals surface area contributed by atoms with E-state index in [1.54, 1.807) is 0 Å². The highest BCUT2D eigenvalue weighted by atomic mass is 31.2. The van der Waals surface area contributed by atoms with Crippen molar-refractivity contribution >= 4 is 13.7 Å². The summed E-state index contributed by atoms with van der Waals surface area (Å²) < 4.78 is 119. The highest BCUT2D eigenvalue weighted by Gasteiger charge is 2.39. The molecule has 0 unspecified atom stereocenters. The van der Waals surface area contributed by atoms with Crippen molar-refractivity contribution in [2.45, 2.75) is 12.5 Å². The lowest BCUT2D eigenvalue weighted by atomic mass is 10.1. The quantitative estimate of drug-likeness (QED) is 0.167. The Bertz CT molecular complexity index is 1260. The minimum absolute atomic E-state index is 0.245. The van der Waals surface area contributed by atoms with Gasteiger partial charge in [0.2, 0.25) is 34.8 Å². The molecule has 0 radical (unpaired) electrons. The highest BCUT2D eigenvalue weighted by Crippen LogP contribution is 2.47. The molecule has 0 aromatic heterocycles. The van der Waals surface area contributed by atoms with Crippen LogP contribution in [-0.4, -0.2) is 17.1 Å². The number of benzene rings is 3. The van der Waals surface area contributed by atoms with E-state index in [0.29, 0.717) is 6.07 Å². The van der Waals surface area contributed by atoms with E-state index in [4.69, 9.17) is 4.52 Å². The fourth-order valence-electron chi connectivity index (χ4n) is 2.82. The zero-order chi connectivity index (χ0) is 25.9. The molecule has 0 aliphatic carbocycles. The van der Waals surface area contributed by atoms with Gasteiger partial charge in [0.25, 0.3) is 0 Å². The molecule has 0 aliphatic rings. The summed E-state index contributed by atoms with van der Waals surface area (Å²) >= 11 is 0. The number of nitrogens with one attached hydrogen (secondary N) is 1. The summed E-state index contributed by atoms with van der Waals surface area (Å²) in [7, 11) is -5.30. The van der Waals surface area contributed by atoms with Crippen LogP contribution in [-0.2, 0) is 15.8 Å². The predicted octanol–water partition coefficient (Wildman–Crippen LogP) is 5.51. The second-order valence-corrected chi connectivity index (χ2v) is 8.51. The zero-order valence-corrected chi connectivity index (χ0v) is 18.0. The van der Waals surface area contributed by atoms with Crippen molar-refractivity contribution in [3.05, 3.63) is 94.8 Å². The molecule has 0 bridgehead atoms. The first-order valence-corrected chi connectivity index (χ1v) is 11.0. The third-order valence-corrected chi connectivity index (χ3v) is 5.83. The summed E-state index contributed by atoms with van der Waals surface area (Å²) in [6.07, 6.45) is -0.757. The van der Waals surface area contributed by atoms with Gasteiger partial charge in [-0.3, -0.25) is 4.79 Å². The average Bonchev–Trinajstić information content (AvgIpc) is 2.79. The molecule has 3 aromatic rings. The van der Waals surface area contributed by atoms with Crippen molar-refractivity contribution in [1.29, 1.82) is 0 Å². The van der Waals surface area contributed by atoms with Gasteiger partial charge in [0, 0.05) is 6.07 Å². The molecule has 0 heterocycles. The van der Waals surface area contributed by atoms with Gasteiger partial charge in [-0.25, -0.2) is 26.5 Å². The van der Waals surface area contributed by atoms with Crippen molar-refractivity contribution in [1.82, 2.24) is 5.09 Å². The molecule has 3 aromatic carbocycles. The number of rotatable bonds is 9. The Labute approximate surface area is 192 Å². The Kier molecular flexibility index (Phi) is 7.71. The number of carbonyl (C=O) groups is 1. The summed E-state index contributed by atoms with van der Waals surface area (Å²) in [5.41, 5.74) is -0.245. The molecule has 3 rings (SSSR count). The number of carboxylic acid groups (broad SMARTS) is 1. The number of aliphatic carboxylic acids is 1. The SMILES string of the molecule is O=C(O)[C@H](Cc1cc(F)cc(F)c1)N[P@](=O)(Oc1ccccc1)Oc1c(F)c(F)c(F)c(F)c1F. The maximum Gasteiger partial charge on any atom is 0.513 e.